The van der Waals surface area contributed by atoms with Crippen molar-refractivity contribution in [1.29, 1.82) is 0 Å². The fourth-order valence-corrected chi connectivity index (χ4v) is 2.42. The molecule has 1 nitrogen and oxygen atoms in total. The van der Waals surface area contributed by atoms with E-state index in [0.29, 0.717) is 23.9 Å². The van der Waals surface area contributed by atoms with Crippen LogP contribution in [0.4, 0.5) is 0 Å². The average Bonchev–Trinajstić information content (AvgIpc) is 2.18. The Morgan fingerprint density at radius 2 is 2.14 bits per heavy atom. The van der Waals surface area contributed by atoms with Crippen LogP contribution in [0.15, 0.2) is 11.6 Å². The molecule has 0 aromatic rings. The SMILES string of the molecule is CCC(C)(C)C1C=C(C)CCC1CO. The molecule has 1 aliphatic carbocycles. The van der Waals surface area contributed by atoms with Gasteiger partial charge in [0.05, 0.1) is 0 Å². The molecule has 14 heavy (non-hydrogen) atoms. The van der Waals surface area contributed by atoms with Crippen LogP contribution in [0.5, 0.6) is 0 Å². The summed E-state index contributed by atoms with van der Waals surface area (Å²) in [5.41, 5.74) is 1.83. The van der Waals surface area contributed by atoms with E-state index < -0.39 is 0 Å². The quantitative estimate of drug-likeness (QED) is 0.686. The molecule has 0 spiro atoms. The molecule has 82 valence electrons. The molecule has 0 amide bonds. The lowest BCUT2D eigenvalue weighted by molar-refractivity contribution is 0.102. The molecule has 1 N–H and O–H groups in total. The van der Waals surface area contributed by atoms with Crippen LogP contribution in [-0.4, -0.2) is 11.7 Å². The molecular formula is C13H24O. The van der Waals surface area contributed by atoms with Crippen LogP contribution in [0.1, 0.15) is 47.0 Å². The standard InChI is InChI=1S/C13H24O/c1-5-13(3,4)12-8-10(2)6-7-11(12)9-14/h8,11-12,14H,5-7,9H2,1-4H3. The molecule has 0 aromatic carbocycles. The second-order valence-electron chi connectivity index (χ2n) is 5.36. The summed E-state index contributed by atoms with van der Waals surface area (Å²) in [5.74, 6) is 1.04. The predicted molar refractivity (Wildman–Crippen MR) is 61.1 cm³/mol. The van der Waals surface area contributed by atoms with Gasteiger partial charge in [0.1, 0.15) is 0 Å². The number of hydrogen-bond acceptors (Lipinski definition) is 1. The van der Waals surface area contributed by atoms with E-state index in [-0.39, 0.29) is 0 Å². The Kier molecular flexibility index (Phi) is 3.77. The fraction of sp³-hybridized carbons (Fsp3) is 0.846. The predicted octanol–water partition coefficient (Wildman–Crippen LogP) is 3.39. The zero-order valence-electron chi connectivity index (χ0n) is 10.0. The van der Waals surface area contributed by atoms with Gasteiger partial charge in [0.2, 0.25) is 0 Å². The van der Waals surface area contributed by atoms with Gasteiger partial charge in [-0.25, -0.2) is 0 Å². The Morgan fingerprint density at radius 1 is 1.50 bits per heavy atom. The van der Waals surface area contributed by atoms with E-state index in [2.05, 4.69) is 33.8 Å². The van der Waals surface area contributed by atoms with Crippen LogP contribution < -0.4 is 0 Å². The molecule has 2 unspecified atom stereocenters. The summed E-state index contributed by atoms with van der Waals surface area (Å²) in [6.45, 7) is 9.43. The van der Waals surface area contributed by atoms with Crippen molar-refractivity contribution in [3.8, 4) is 0 Å². The van der Waals surface area contributed by atoms with Crippen molar-refractivity contribution in [2.45, 2.75) is 47.0 Å². The van der Waals surface area contributed by atoms with E-state index >= 15 is 0 Å². The van der Waals surface area contributed by atoms with E-state index in [0.717, 1.165) is 6.42 Å². The summed E-state index contributed by atoms with van der Waals surface area (Å²) in [7, 11) is 0. The molecule has 0 saturated carbocycles. The zero-order chi connectivity index (χ0) is 10.8. The third kappa shape index (κ3) is 2.38. The molecule has 1 rings (SSSR count). The van der Waals surface area contributed by atoms with Gasteiger partial charge in [0.25, 0.3) is 0 Å². The minimum atomic E-state index is 0.328. The Balaban J connectivity index is 2.85. The Bertz CT molecular complexity index is 215. The molecule has 0 radical (unpaired) electrons. The minimum Gasteiger partial charge on any atom is -0.396 e. The monoisotopic (exact) mass is 196 g/mol. The molecule has 1 aliphatic rings. The second-order valence-corrected chi connectivity index (χ2v) is 5.36. The summed E-state index contributed by atoms with van der Waals surface area (Å²) in [6.07, 6.45) is 5.90. The Hall–Kier alpha value is -0.300. The first-order valence-corrected chi connectivity index (χ1v) is 5.79. The van der Waals surface area contributed by atoms with E-state index in [1.807, 2.05) is 0 Å². The van der Waals surface area contributed by atoms with Gasteiger partial charge in [-0.3, -0.25) is 0 Å². The van der Waals surface area contributed by atoms with Gasteiger partial charge in [0, 0.05) is 6.61 Å². The van der Waals surface area contributed by atoms with Gasteiger partial charge >= 0.3 is 0 Å². The molecular weight excluding hydrogens is 172 g/mol. The number of aliphatic hydroxyl groups excluding tert-OH is 1. The van der Waals surface area contributed by atoms with Gasteiger partial charge in [-0.05, 0) is 37.0 Å². The molecule has 0 aromatic heterocycles. The van der Waals surface area contributed by atoms with E-state index in [1.54, 1.807) is 0 Å². The van der Waals surface area contributed by atoms with Crippen LogP contribution in [0, 0.1) is 17.3 Å². The van der Waals surface area contributed by atoms with Gasteiger partial charge in [0.15, 0.2) is 0 Å². The lowest BCUT2D eigenvalue weighted by Crippen LogP contribution is -2.33. The molecule has 0 bridgehead atoms. The second kappa shape index (κ2) is 4.48. The highest BCUT2D eigenvalue weighted by atomic mass is 16.3. The molecule has 0 aliphatic heterocycles. The lowest BCUT2D eigenvalue weighted by Gasteiger charge is -2.39. The maximum Gasteiger partial charge on any atom is 0.0465 e. The van der Waals surface area contributed by atoms with Crippen molar-refractivity contribution in [2.24, 2.45) is 17.3 Å². The molecule has 1 heteroatoms. The minimum absolute atomic E-state index is 0.328. The first kappa shape index (κ1) is 11.8. The molecule has 2 atom stereocenters. The van der Waals surface area contributed by atoms with Crippen molar-refractivity contribution < 1.29 is 5.11 Å². The highest BCUT2D eigenvalue weighted by Crippen LogP contribution is 2.42. The summed E-state index contributed by atoms with van der Waals surface area (Å²) >= 11 is 0. The van der Waals surface area contributed by atoms with Crippen molar-refractivity contribution in [3.63, 3.8) is 0 Å². The third-order valence-electron chi connectivity index (χ3n) is 3.93. The zero-order valence-corrected chi connectivity index (χ0v) is 10.0. The lowest BCUT2D eigenvalue weighted by atomic mass is 9.66. The number of aliphatic hydroxyl groups is 1. The van der Waals surface area contributed by atoms with Gasteiger partial charge < -0.3 is 5.11 Å². The maximum absolute atomic E-state index is 9.38. The van der Waals surface area contributed by atoms with Crippen molar-refractivity contribution >= 4 is 0 Å². The largest absolute Gasteiger partial charge is 0.396 e. The maximum atomic E-state index is 9.38. The normalized spacial score (nSPS) is 28.8. The van der Waals surface area contributed by atoms with Crippen molar-refractivity contribution in [1.82, 2.24) is 0 Å². The molecule has 0 saturated heterocycles. The summed E-state index contributed by atoms with van der Waals surface area (Å²) in [6, 6.07) is 0. The fourth-order valence-electron chi connectivity index (χ4n) is 2.42. The molecule has 0 heterocycles. The van der Waals surface area contributed by atoms with Crippen LogP contribution >= 0.6 is 0 Å². The van der Waals surface area contributed by atoms with E-state index in [9.17, 15) is 5.11 Å². The van der Waals surface area contributed by atoms with Crippen molar-refractivity contribution in [3.05, 3.63) is 11.6 Å². The highest BCUT2D eigenvalue weighted by Gasteiger charge is 2.34. The van der Waals surface area contributed by atoms with Crippen molar-refractivity contribution in [2.75, 3.05) is 6.61 Å². The van der Waals surface area contributed by atoms with Crippen LogP contribution in [0.25, 0.3) is 0 Å². The van der Waals surface area contributed by atoms with Crippen LogP contribution in [0.3, 0.4) is 0 Å². The summed E-state index contributed by atoms with van der Waals surface area (Å²) < 4.78 is 0. The summed E-state index contributed by atoms with van der Waals surface area (Å²) in [5, 5.41) is 9.38. The average molecular weight is 196 g/mol. The summed E-state index contributed by atoms with van der Waals surface area (Å²) in [4.78, 5) is 0. The number of rotatable bonds is 3. The van der Waals surface area contributed by atoms with E-state index in [4.69, 9.17) is 0 Å². The van der Waals surface area contributed by atoms with Gasteiger partial charge in [-0.1, -0.05) is 38.8 Å². The number of hydrogen-bond donors (Lipinski definition) is 1. The first-order valence-electron chi connectivity index (χ1n) is 5.79. The molecule has 0 fully saturated rings. The van der Waals surface area contributed by atoms with Crippen LogP contribution in [0.2, 0.25) is 0 Å². The van der Waals surface area contributed by atoms with Gasteiger partial charge in [-0.15, -0.1) is 0 Å². The number of allylic oxidation sites excluding steroid dienone is 2. The smallest absolute Gasteiger partial charge is 0.0465 e. The van der Waals surface area contributed by atoms with Gasteiger partial charge in [-0.2, -0.15) is 0 Å². The van der Waals surface area contributed by atoms with E-state index in [1.165, 1.54) is 18.4 Å². The topological polar surface area (TPSA) is 20.2 Å². The third-order valence-corrected chi connectivity index (χ3v) is 3.93. The Morgan fingerprint density at radius 3 is 2.64 bits per heavy atom. The first-order chi connectivity index (χ1) is 6.51. The Labute approximate surface area is 88.2 Å². The van der Waals surface area contributed by atoms with Crippen LogP contribution in [-0.2, 0) is 0 Å². The highest BCUT2D eigenvalue weighted by molar-refractivity contribution is 5.10.